The van der Waals surface area contributed by atoms with Gasteiger partial charge < -0.3 is 15.2 Å². The zero-order valence-corrected chi connectivity index (χ0v) is 18.3. The van der Waals surface area contributed by atoms with Crippen molar-refractivity contribution in [1.29, 1.82) is 0 Å². The van der Waals surface area contributed by atoms with Gasteiger partial charge in [0.25, 0.3) is 17.4 Å². The van der Waals surface area contributed by atoms with Crippen molar-refractivity contribution in [1.82, 2.24) is 25.5 Å². The lowest BCUT2D eigenvalue weighted by atomic mass is 10.1. The molecule has 0 radical (unpaired) electrons. The number of carbonyl (C=O) groups excluding carboxylic acids is 3. The van der Waals surface area contributed by atoms with E-state index < -0.39 is 17.5 Å². The molecule has 1 aromatic heterocycles. The lowest BCUT2D eigenvalue weighted by molar-refractivity contribution is -0.122. The highest BCUT2D eigenvalue weighted by molar-refractivity contribution is 7.99. The monoisotopic (exact) mass is 451 g/mol. The molecule has 1 atom stereocenters. The Kier molecular flexibility index (Phi) is 5.70. The Balaban J connectivity index is 1.52. The van der Waals surface area contributed by atoms with Crippen LogP contribution < -0.4 is 16.2 Å². The second-order valence-corrected chi connectivity index (χ2v) is 8.73. The molecule has 32 heavy (non-hydrogen) atoms. The van der Waals surface area contributed by atoms with E-state index in [1.165, 1.54) is 16.7 Å². The van der Waals surface area contributed by atoms with E-state index in [2.05, 4.69) is 20.6 Å². The molecule has 9 nitrogen and oxygen atoms in total. The first-order valence-corrected chi connectivity index (χ1v) is 10.8. The van der Waals surface area contributed by atoms with Crippen LogP contribution in [0.5, 0.6) is 0 Å². The lowest BCUT2D eigenvalue weighted by Gasteiger charge is -2.22. The van der Waals surface area contributed by atoms with E-state index in [4.69, 9.17) is 0 Å². The smallest absolute Gasteiger partial charge is 0.322 e. The molecule has 1 saturated heterocycles. The predicted octanol–water partition coefficient (Wildman–Crippen LogP) is 1.89. The highest BCUT2D eigenvalue weighted by Gasteiger charge is 2.42. The number of amides is 4. The standard InChI is InChI=1S/C22H21N5O4S/c1-22(20(30)25-21(31)26-22)12-32-16-10-6-4-8-14(16)19(29)27(2)11-17-23-15-9-5-3-7-13(15)18(28)24-17/h3-10H,11-12H2,1-2H3,(H,23,24,28)(H2,25,26,30,31)/t22-/m1/s1. The molecule has 164 valence electrons. The number of para-hydroxylation sites is 1. The highest BCUT2D eigenvalue weighted by atomic mass is 32.2. The Morgan fingerprint density at radius 3 is 2.56 bits per heavy atom. The number of hydrogen-bond donors (Lipinski definition) is 3. The van der Waals surface area contributed by atoms with Gasteiger partial charge >= 0.3 is 6.03 Å². The quantitative estimate of drug-likeness (QED) is 0.388. The molecule has 4 amide bonds. The van der Waals surface area contributed by atoms with Crippen LogP contribution in [0.25, 0.3) is 10.9 Å². The molecule has 0 unspecified atom stereocenters. The minimum Gasteiger partial charge on any atom is -0.334 e. The van der Waals surface area contributed by atoms with E-state index in [-0.39, 0.29) is 23.8 Å². The molecule has 0 saturated carbocycles. The van der Waals surface area contributed by atoms with Gasteiger partial charge in [-0.05, 0) is 31.2 Å². The van der Waals surface area contributed by atoms with Gasteiger partial charge in [-0.15, -0.1) is 11.8 Å². The number of aromatic nitrogens is 2. The first kappa shape index (κ1) is 21.6. The topological polar surface area (TPSA) is 124 Å². The van der Waals surface area contributed by atoms with E-state index in [0.29, 0.717) is 27.2 Å². The van der Waals surface area contributed by atoms with Crippen molar-refractivity contribution in [3.63, 3.8) is 0 Å². The number of hydrogen-bond acceptors (Lipinski definition) is 6. The molecule has 1 fully saturated rings. The number of nitrogens with zero attached hydrogens (tertiary/aromatic N) is 2. The fraction of sp³-hybridized carbons (Fsp3) is 0.227. The molecular formula is C22H21N5O4S. The van der Waals surface area contributed by atoms with E-state index in [1.807, 2.05) is 0 Å². The van der Waals surface area contributed by atoms with Crippen LogP contribution in [-0.4, -0.2) is 51.1 Å². The Morgan fingerprint density at radius 2 is 1.81 bits per heavy atom. The van der Waals surface area contributed by atoms with Gasteiger partial charge in [0.05, 0.1) is 23.0 Å². The molecular weight excluding hydrogens is 430 g/mol. The highest BCUT2D eigenvalue weighted by Crippen LogP contribution is 2.28. The third-order valence-electron chi connectivity index (χ3n) is 5.15. The van der Waals surface area contributed by atoms with Gasteiger partial charge in [-0.3, -0.25) is 19.7 Å². The van der Waals surface area contributed by atoms with Crippen molar-refractivity contribution in [2.24, 2.45) is 0 Å². The maximum Gasteiger partial charge on any atom is 0.322 e. The SMILES string of the molecule is CN(Cc1nc2ccccc2c(=O)[nH]1)C(=O)c1ccccc1SC[C@@]1(C)NC(=O)NC1=O. The van der Waals surface area contributed by atoms with Crippen LogP contribution in [0.4, 0.5) is 4.79 Å². The summed E-state index contributed by atoms with van der Waals surface area (Å²) in [5.41, 5.74) is -0.296. The van der Waals surface area contributed by atoms with Crippen molar-refractivity contribution < 1.29 is 14.4 Å². The summed E-state index contributed by atoms with van der Waals surface area (Å²) in [6, 6.07) is 13.5. The third kappa shape index (κ3) is 4.22. The Labute approximate surface area is 187 Å². The van der Waals surface area contributed by atoms with E-state index in [0.717, 1.165) is 0 Å². The molecule has 0 aliphatic carbocycles. The molecule has 3 N–H and O–H groups in total. The average Bonchev–Trinajstić information content (AvgIpc) is 3.03. The van der Waals surface area contributed by atoms with Gasteiger partial charge in [0.2, 0.25) is 0 Å². The molecule has 1 aliphatic rings. The van der Waals surface area contributed by atoms with E-state index in [9.17, 15) is 19.2 Å². The number of fused-ring (bicyclic) bond motifs is 1. The molecule has 0 bridgehead atoms. The zero-order chi connectivity index (χ0) is 22.9. The van der Waals surface area contributed by atoms with Crippen molar-refractivity contribution in [2.75, 3.05) is 12.8 Å². The van der Waals surface area contributed by atoms with Crippen molar-refractivity contribution in [2.45, 2.75) is 23.9 Å². The molecule has 4 rings (SSSR count). The second kappa shape index (κ2) is 8.46. The summed E-state index contributed by atoms with van der Waals surface area (Å²) in [7, 11) is 1.63. The Bertz CT molecular complexity index is 1290. The Morgan fingerprint density at radius 1 is 1.09 bits per heavy atom. The first-order chi connectivity index (χ1) is 15.3. The minimum absolute atomic E-state index is 0.119. The van der Waals surface area contributed by atoms with Crippen LogP contribution in [0.3, 0.4) is 0 Å². The number of urea groups is 1. The minimum atomic E-state index is -1.06. The van der Waals surface area contributed by atoms with Crippen molar-refractivity contribution in [3.8, 4) is 0 Å². The summed E-state index contributed by atoms with van der Waals surface area (Å²) < 4.78 is 0. The van der Waals surface area contributed by atoms with Crippen LogP contribution in [0.2, 0.25) is 0 Å². The van der Waals surface area contributed by atoms with Crippen LogP contribution in [0.1, 0.15) is 23.1 Å². The van der Waals surface area contributed by atoms with Crippen LogP contribution in [0.15, 0.2) is 58.2 Å². The van der Waals surface area contributed by atoms with Gasteiger partial charge in [-0.2, -0.15) is 0 Å². The van der Waals surface area contributed by atoms with Gasteiger partial charge in [0.15, 0.2) is 0 Å². The number of nitrogens with one attached hydrogen (secondary N) is 3. The maximum absolute atomic E-state index is 13.2. The average molecular weight is 452 g/mol. The van der Waals surface area contributed by atoms with Crippen LogP contribution in [0, 0.1) is 0 Å². The number of benzene rings is 2. The molecule has 1 aliphatic heterocycles. The summed E-state index contributed by atoms with van der Waals surface area (Å²) in [5.74, 6) is -0.0123. The molecule has 3 aromatic rings. The summed E-state index contributed by atoms with van der Waals surface area (Å²) in [6.07, 6.45) is 0. The third-order valence-corrected chi connectivity index (χ3v) is 6.54. The number of carbonyl (C=O) groups is 3. The van der Waals surface area contributed by atoms with E-state index in [1.54, 1.807) is 62.5 Å². The summed E-state index contributed by atoms with van der Waals surface area (Å²) in [6.45, 7) is 1.76. The second-order valence-electron chi connectivity index (χ2n) is 7.72. The van der Waals surface area contributed by atoms with Gasteiger partial charge in [0.1, 0.15) is 11.4 Å². The number of rotatable bonds is 6. The number of H-pyrrole nitrogens is 1. The number of imide groups is 1. The van der Waals surface area contributed by atoms with Gasteiger partial charge in [-0.25, -0.2) is 9.78 Å². The normalized spacial score (nSPS) is 17.8. The fourth-order valence-corrected chi connectivity index (χ4v) is 4.52. The summed E-state index contributed by atoms with van der Waals surface area (Å²) in [5, 5.41) is 5.34. The van der Waals surface area contributed by atoms with Crippen molar-refractivity contribution >= 4 is 40.5 Å². The molecule has 0 spiro atoms. The summed E-state index contributed by atoms with van der Waals surface area (Å²) in [4.78, 5) is 58.3. The maximum atomic E-state index is 13.2. The fourth-order valence-electron chi connectivity index (χ4n) is 3.38. The molecule has 10 heteroatoms. The van der Waals surface area contributed by atoms with Crippen LogP contribution in [-0.2, 0) is 11.3 Å². The first-order valence-electron chi connectivity index (χ1n) is 9.86. The van der Waals surface area contributed by atoms with Gasteiger partial charge in [-0.1, -0.05) is 24.3 Å². The summed E-state index contributed by atoms with van der Waals surface area (Å²) >= 11 is 1.31. The number of aromatic amines is 1. The van der Waals surface area contributed by atoms with E-state index >= 15 is 0 Å². The lowest BCUT2D eigenvalue weighted by Crippen LogP contribution is -2.46. The number of thioether (sulfide) groups is 1. The zero-order valence-electron chi connectivity index (χ0n) is 17.5. The molecule has 2 heterocycles. The van der Waals surface area contributed by atoms with Gasteiger partial charge in [0, 0.05) is 17.7 Å². The van der Waals surface area contributed by atoms with Crippen molar-refractivity contribution in [3.05, 3.63) is 70.3 Å². The molecule has 2 aromatic carbocycles. The predicted molar refractivity (Wildman–Crippen MR) is 120 cm³/mol. The largest absolute Gasteiger partial charge is 0.334 e. The Hall–Kier alpha value is -3.66. The van der Waals surface area contributed by atoms with Crippen LogP contribution >= 0.6 is 11.8 Å².